The summed E-state index contributed by atoms with van der Waals surface area (Å²) in [4.78, 5) is 4.82. The van der Waals surface area contributed by atoms with Gasteiger partial charge in [0, 0.05) is 0 Å². The van der Waals surface area contributed by atoms with Crippen LogP contribution >= 0.6 is 0 Å². The summed E-state index contributed by atoms with van der Waals surface area (Å²) in [6.45, 7) is 2.34. The third kappa shape index (κ3) is 1.85. The standard InChI is InChI=1S/C10H10F3NO/c1-9(6-15-14-9)7-2-4-8(5-3-7)10(11,12)13/h2-5,14H,6H2,1H3. The second kappa shape index (κ2) is 3.21. The molecule has 15 heavy (non-hydrogen) atoms. The zero-order valence-corrected chi connectivity index (χ0v) is 8.06. The lowest BCUT2D eigenvalue weighted by Gasteiger charge is -2.39. The Labute approximate surface area is 85.0 Å². The van der Waals surface area contributed by atoms with Gasteiger partial charge in [-0.15, -0.1) is 0 Å². The first-order chi connectivity index (χ1) is 6.92. The van der Waals surface area contributed by atoms with Crippen molar-refractivity contribution in [1.82, 2.24) is 5.48 Å². The molecule has 2 rings (SSSR count). The van der Waals surface area contributed by atoms with Crippen LogP contribution in [-0.4, -0.2) is 6.61 Å². The van der Waals surface area contributed by atoms with Crippen LogP contribution in [0.5, 0.6) is 0 Å². The number of hydrogen-bond acceptors (Lipinski definition) is 2. The molecule has 2 nitrogen and oxygen atoms in total. The van der Waals surface area contributed by atoms with Crippen molar-refractivity contribution in [2.75, 3.05) is 6.61 Å². The smallest absolute Gasteiger partial charge is 0.298 e. The van der Waals surface area contributed by atoms with Gasteiger partial charge in [0.15, 0.2) is 0 Å². The summed E-state index contributed by atoms with van der Waals surface area (Å²) >= 11 is 0. The molecule has 1 fully saturated rings. The molecule has 0 radical (unpaired) electrons. The van der Waals surface area contributed by atoms with Crippen LogP contribution < -0.4 is 5.48 Å². The Morgan fingerprint density at radius 2 is 1.80 bits per heavy atom. The second-order valence-corrected chi connectivity index (χ2v) is 3.80. The minimum atomic E-state index is -4.27. The highest BCUT2D eigenvalue weighted by Crippen LogP contribution is 2.32. The predicted molar refractivity (Wildman–Crippen MR) is 47.9 cm³/mol. The number of benzene rings is 1. The van der Waals surface area contributed by atoms with E-state index in [9.17, 15) is 13.2 Å². The molecule has 1 unspecified atom stereocenters. The van der Waals surface area contributed by atoms with Gasteiger partial charge in [-0.2, -0.15) is 18.7 Å². The summed E-state index contributed by atoms with van der Waals surface area (Å²) < 4.78 is 36.8. The molecule has 0 aromatic heterocycles. The fourth-order valence-electron chi connectivity index (χ4n) is 1.46. The molecule has 1 aromatic rings. The van der Waals surface area contributed by atoms with Crippen molar-refractivity contribution in [3.63, 3.8) is 0 Å². The first-order valence-electron chi connectivity index (χ1n) is 4.48. The molecule has 0 saturated carbocycles. The van der Waals surface area contributed by atoms with Gasteiger partial charge in [-0.05, 0) is 24.6 Å². The van der Waals surface area contributed by atoms with Crippen molar-refractivity contribution in [3.05, 3.63) is 35.4 Å². The Hall–Kier alpha value is -1.07. The summed E-state index contributed by atoms with van der Waals surface area (Å²) in [5.74, 6) is 0. The van der Waals surface area contributed by atoms with Crippen LogP contribution in [0.3, 0.4) is 0 Å². The van der Waals surface area contributed by atoms with Crippen molar-refractivity contribution >= 4 is 0 Å². The minimum Gasteiger partial charge on any atom is -0.298 e. The van der Waals surface area contributed by atoms with E-state index in [1.807, 2.05) is 6.92 Å². The van der Waals surface area contributed by atoms with Gasteiger partial charge >= 0.3 is 6.18 Å². The van der Waals surface area contributed by atoms with Gasteiger partial charge in [-0.25, -0.2) is 0 Å². The largest absolute Gasteiger partial charge is 0.416 e. The van der Waals surface area contributed by atoms with Gasteiger partial charge in [0.25, 0.3) is 0 Å². The lowest BCUT2D eigenvalue weighted by Crippen LogP contribution is -2.54. The molecular formula is C10H10F3NO. The predicted octanol–water partition coefficient (Wildman–Crippen LogP) is 2.46. The number of nitrogens with one attached hydrogen (secondary N) is 1. The Morgan fingerprint density at radius 1 is 1.27 bits per heavy atom. The van der Waals surface area contributed by atoms with Crippen LogP contribution in [0.25, 0.3) is 0 Å². The first kappa shape index (κ1) is 10.4. The van der Waals surface area contributed by atoms with Gasteiger partial charge in [-0.1, -0.05) is 12.1 Å². The topological polar surface area (TPSA) is 21.3 Å². The summed E-state index contributed by atoms with van der Waals surface area (Å²) in [7, 11) is 0. The van der Waals surface area contributed by atoms with E-state index in [0.717, 1.165) is 17.7 Å². The molecule has 0 amide bonds. The summed E-state index contributed by atoms with van der Waals surface area (Å²) in [6.07, 6.45) is -4.27. The molecular weight excluding hydrogens is 207 g/mol. The maximum atomic E-state index is 12.3. The average Bonchev–Trinajstić information content (AvgIpc) is 2.13. The molecule has 0 bridgehead atoms. The van der Waals surface area contributed by atoms with E-state index in [0.29, 0.717) is 6.61 Å². The number of halogens is 3. The van der Waals surface area contributed by atoms with Gasteiger partial charge in [0.05, 0.1) is 17.7 Å². The third-order valence-corrected chi connectivity index (χ3v) is 2.51. The van der Waals surface area contributed by atoms with E-state index in [-0.39, 0.29) is 5.54 Å². The van der Waals surface area contributed by atoms with Crippen LogP contribution in [0, 0.1) is 0 Å². The molecule has 0 aliphatic carbocycles. The van der Waals surface area contributed by atoms with Gasteiger partial charge in [0.2, 0.25) is 0 Å². The number of rotatable bonds is 1. The van der Waals surface area contributed by atoms with Gasteiger partial charge < -0.3 is 0 Å². The minimum absolute atomic E-state index is 0.357. The zero-order chi connectivity index (χ0) is 11.1. The van der Waals surface area contributed by atoms with E-state index in [1.165, 1.54) is 12.1 Å². The molecule has 1 N–H and O–H groups in total. The number of hydrogen-bond donors (Lipinski definition) is 1. The lowest BCUT2D eigenvalue weighted by molar-refractivity contribution is -0.155. The fourth-order valence-corrected chi connectivity index (χ4v) is 1.46. The molecule has 1 aromatic carbocycles. The van der Waals surface area contributed by atoms with E-state index >= 15 is 0 Å². The Morgan fingerprint density at radius 3 is 2.13 bits per heavy atom. The Bertz CT molecular complexity index is 354. The molecule has 0 spiro atoms. The maximum absolute atomic E-state index is 12.3. The number of hydroxylamine groups is 1. The average molecular weight is 217 g/mol. The van der Waals surface area contributed by atoms with Crippen LogP contribution in [0.4, 0.5) is 13.2 Å². The molecule has 1 saturated heterocycles. The molecule has 1 aliphatic heterocycles. The van der Waals surface area contributed by atoms with Crippen molar-refractivity contribution in [1.29, 1.82) is 0 Å². The summed E-state index contributed by atoms with van der Waals surface area (Å²) in [6, 6.07) is 5.11. The molecule has 82 valence electrons. The van der Waals surface area contributed by atoms with E-state index in [1.54, 1.807) is 0 Å². The Kier molecular flexibility index (Phi) is 2.24. The SMILES string of the molecule is CC1(c2ccc(C(F)(F)F)cc2)CON1. The summed E-state index contributed by atoms with van der Waals surface area (Å²) in [5, 5.41) is 0. The number of alkyl halides is 3. The van der Waals surface area contributed by atoms with Crippen LogP contribution in [0.15, 0.2) is 24.3 Å². The highest BCUT2D eigenvalue weighted by molar-refractivity contribution is 5.30. The van der Waals surface area contributed by atoms with Crippen LogP contribution in [0.2, 0.25) is 0 Å². The third-order valence-electron chi connectivity index (χ3n) is 2.51. The maximum Gasteiger partial charge on any atom is 0.416 e. The molecule has 1 atom stereocenters. The highest BCUT2D eigenvalue weighted by Gasteiger charge is 2.36. The fraction of sp³-hybridized carbons (Fsp3) is 0.400. The summed E-state index contributed by atoms with van der Waals surface area (Å²) in [5.41, 5.74) is 2.52. The van der Waals surface area contributed by atoms with Crippen molar-refractivity contribution in [2.45, 2.75) is 18.6 Å². The lowest BCUT2D eigenvalue weighted by atomic mass is 9.91. The Balaban J connectivity index is 2.24. The molecule has 1 heterocycles. The van der Waals surface area contributed by atoms with Crippen molar-refractivity contribution in [3.8, 4) is 0 Å². The first-order valence-corrected chi connectivity index (χ1v) is 4.48. The van der Waals surface area contributed by atoms with E-state index in [2.05, 4.69) is 5.48 Å². The van der Waals surface area contributed by atoms with Gasteiger partial charge in [-0.3, -0.25) is 4.84 Å². The van der Waals surface area contributed by atoms with Gasteiger partial charge in [0.1, 0.15) is 0 Å². The van der Waals surface area contributed by atoms with Crippen LogP contribution in [0.1, 0.15) is 18.1 Å². The van der Waals surface area contributed by atoms with E-state index < -0.39 is 11.7 Å². The highest BCUT2D eigenvalue weighted by atomic mass is 19.4. The van der Waals surface area contributed by atoms with Crippen LogP contribution in [-0.2, 0) is 16.6 Å². The second-order valence-electron chi connectivity index (χ2n) is 3.80. The molecule has 5 heteroatoms. The monoisotopic (exact) mass is 217 g/mol. The van der Waals surface area contributed by atoms with Crippen molar-refractivity contribution in [2.24, 2.45) is 0 Å². The normalized spacial score (nSPS) is 26.1. The van der Waals surface area contributed by atoms with Crippen molar-refractivity contribution < 1.29 is 18.0 Å². The zero-order valence-electron chi connectivity index (χ0n) is 8.06. The quantitative estimate of drug-likeness (QED) is 0.780. The molecule has 1 aliphatic rings. The van der Waals surface area contributed by atoms with E-state index in [4.69, 9.17) is 4.84 Å².